The van der Waals surface area contributed by atoms with Crippen molar-refractivity contribution in [3.63, 3.8) is 0 Å². The van der Waals surface area contributed by atoms with E-state index >= 15 is 0 Å². The van der Waals surface area contributed by atoms with Crippen molar-refractivity contribution in [3.8, 4) is 0 Å². The van der Waals surface area contributed by atoms with Gasteiger partial charge >= 0.3 is 0 Å². The predicted molar refractivity (Wildman–Crippen MR) is 142 cm³/mol. The van der Waals surface area contributed by atoms with Crippen LogP contribution in [0.5, 0.6) is 0 Å². The van der Waals surface area contributed by atoms with Crippen LogP contribution in [0.1, 0.15) is 27.7 Å². The van der Waals surface area contributed by atoms with Gasteiger partial charge < -0.3 is 10.2 Å². The van der Waals surface area contributed by atoms with E-state index in [2.05, 4.69) is 26.6 Å². The van der Waals surface area contributed by atoms with Crippen molar-refractivity contribution >= 4 is 66.2 Å². The number of thiophene rings is 1. The zero-order valence-electron chi connectivity index (χ0n) is 18.8. The molecule has 11 heteroatoms. The number of carbonyl (C=O) groups excluding carboxylic acids is 2. The minimum atomic E-state index is -3.52. The molecule has 1 aliphatic rings. The SMILES string of the molecule is CC(=O)NC1Cc2ccccc2N(C(=O)c2scc(CNCS(=O)(=O)c3ccc(Br)cc3)c2Cl)C1. The lowest BCUT2D eigenvalue weighted by atomic mass is 9.97. The minimum absolute atomic E-state index is 0.151. The lowest BCUT2D eigenvalue weighted by molar-refractivity contribution is -0.119. The van der Waals surface area contributed by atoms with E-state index in [9.17, 15) is 18.0 Å². The highest BCUT2D eigenvalue weighted by atomic mass is 79.9. The quantitative estimate of drug-likeness (QED) is 0.422. The van der Waals surface area contributed by atoms with Gasteiger partial charge in [0.25, 0.3) is 5.91 Å². The van der Waals surface area contributed by atoms with Crippen molar-refractivity contribution in [2.24, 2.45) is 0 Å². The summed E-state index contributed by atoms with van der Waals surface area (Å²) in [7, 11) is -3.52. The Balaban J connectivity index is 1.48. The first kappa shape index (κ1) is 25.8. The first-order valence-electron chi connectivity index (χ1n) is 10.8. The van der Waals surface area contributed by atoms with Gasteiger partial charge in [0.2, 0.25) is 5.91 Å². The molecule has 1 atom stereocenters. The average Bonchev–Trinajstić information content (AvgIpc) is 3.18. The van der Waals surface area contributed by atoms with E-state index in [1.807, 2.05) is 24.3 Å². The van der Waals surface area contributed by atoms with Crippen LogP contribution in [0.4, 0.5) is 5.69 Å². The smallest absolute Gasteiger partial charge is 0.269 e. The molecule has 2 heterocycles. The van der Waals surface area contributed by atoms with E-state index in [1.54, 1.807) is 34.5 Å². The molecule has 7 nitrogen and oxygen atoms in total. The topological polar surface area (TPSA) is 95.6 Å². The number of halogens is 2. The van der Waals surface area contributed by atoms with E-state index in [0.717, 1.165) is 15.7 Å². The molecule has 1 aromatic heterocycles. The Bertz CT molecular complexity index is 1360. The number of carbonyl (C=O) groups is 2. The molecule has 0 radical (unpaired) electrons. The molecule has 35 heavy (non-hydrogen) atoms. The van der Waals surface area contributed by atoms with Crippen molar-refractivity contribution in [3.05, 3.63) is 79.4 Å². The van der Waals surface area contributed by atoms with Crippen LogP contribution >= 0.6 is 38.9 Å². The van der Waals surface area contributed by atoms with Crippen LogP contribution in [0.25, 0.3) is 0 Å². The van der Waals surface area contributed by atoms with Gasteiger partial charge in [-0.2, -0.15) is 0 Å². The zero-order valence-corrected chi connectivity index (χ0v) is 22.7. The molecule has 4 rings (SSSR count). The first-order chi connectivity index (χ1) is 16.7. The second kappa shape index (κ2) is 10.8. The summed E-state index contributed by atoms with van der Waals surface area (Å²) in [5, 5.41) is 7.89. The number of amides is 2. The minimum Gasteiger partial charge on any atom is -0.351 e. The van der Waals surface area contributed by atoms with E-state index < -0.39 is 9.84 Å². The monoisotopic (exact) mass is 595 g/mol. The van der Waals surface area contributed by atoms with E-state index in [-0.39, 0.29) is 35.2 Å². The predicted octanol–water partition coefficient (Wildman–Crippen LogP) is 4.39. The summed E-state index contributed by atoms with van der Waals surface area (Å²) in [6.07, 6.45) is 0.639. The summed E-state index contributed by atoms with van der Waals surface area (Å²) >= 11 is 11.1. The molecule has 0 bridgehead atoms. The number of rotatable bonds is 7. The summed E-state index contributed by atoms with van der Waals surface area (Å²) in [5.41, 5.74) is 2.41. The molecule has 0 saturated carbocycles. The van der Waals surface area contributed by atoms with Gasteiger partial charge in [-0.05, 0) is 53.3 Å². The maximum Gasteiger partial charge on any atom is 0.269 e. The second-order valence-corrected chi connectivity index (χ2v) is 12.4. The van der Waals surface area contributed by atoms with Gasteiger partial charge in [0, 0.05) is 30.2 Å². The number of nitrogens with zero attached hydrogens (tertiary/aromatic N) is 1. The van der Waals surface area contributed by atoms with Crippen molar-refractivity contribution in [2.75, 3.05) is 17.3 Å². The van der Waals surface area contributed by atoms with Crippen LogP contribution in [0.2, 0.25) is 5.02 Å². The lowest BCUT2D eigenvalue weighted by Crippen LogP contribution is -2.49. The second-order valence-electron chi connectivity index (χ2n) is 8.19. The third-order valence-electron chi connectivity index (χ3n) is 5.58. The van der Waals surface area contributed by atoms with Crippen LogP contribution in [-0.2, 0) is 27.6 Å². The summed E-state index contributed by atoms with van der Waals surface area (Å²) in [6, 6.07) is 13.8. The molecule has 2 aromatic carbocycles. The molecule has 1 aliphatic heterocycles. The summed E-state index contributed by atoms with van der Waals surface area (Å²) in [4.78, 5) is 27.3. The molecule has 0 aliphatic carbocycles. The largest absolute Gasteiger partial charge is 0.351 e. The van der Waals surface area contributed by atoms with E-state index in [0.29, 0.717) is 28.4 Å². The molecular formula is C24H23BrClN3O4S2. The standard InChI is InChI=1S/C24H23BrClN3O4S2/c1-15(30)28-19-10-16-4-2-3-5-21(16)29(12-19)24(31)23-22(26)17(13-34-23)11-27-14-35(32,33)20-8-6-18(25)7-9-20/h2-9,13,19,27H,10-12,14H2,1H3,(H,28,30). The number of anilines is 1. The molecule has 0 saturated heterocycles. The fraction of sp³-hybridized carbons (Fsp3) is 0.250. The van der Waals surface area contributed by atoms with Crippen molar-refractivity contribution in [1.29, 1.82) is 0 Å². The van der Waals surface area contributed by atoms with Gasteiger partial charge in [-0.3, -0.25) is 14.9 Å². The Morgan fingerprint density at radius 3 is 2.60 bits per heavy atom. The average molecular weight is 597 g/mol. The summed E-state index contributed by atoms with van der Waals surface area (Å²) in [5.74, 6) is -0.666. The number of hydrogen-bond donors (Lipinski definition) is 2. The van der Waals surface area contributed by atoms with Crippen LogP contribution in [0.15, 0.2) is 63.3 Å². The van der Waals surface area contributed by atoms with Gasteiger partial charge in [-0.1, -0.05) is 45.7 Å². The highest BCUT2D eigenvalue weighted by molar-refractivity contribution is 9.10. The lowest BCUT2D eigenvalue weighted by Gasteiger charge is -2.34. The highest BCUT2D eigenvalue weighted by Crippen LogP contribution is 2.34. The highest BCUT2D eigenvalue weighted by Gasteiger charge is 2.31. The van der Waals surface area contributed by atoms with Crippen LogP contribution in [0, 0.1) is 0 Å². The Hall–Kier alpha value is -2.24. The molecule has 2 N–H and O–H groups in total. The summed E-state index contributed by atoms with van der Waals surface area (Å²) < 4.78 is 25.9. The maximum atomic E-state index is 13.5. The van der Waals surface area contributed by atoms with Crippen LogP contribution in [-0.4, -0.2) is 38.7 Å². The number of para-hydroxylation sites is 1. The number of benzene rings is 2. The fourth-order valence-corrected chi connectivity index (χ4v) is 6.64. The van der Waals surface area contributed by atoms with Crippen molar-refractivity contribution in [1.82, 2.24) is 10.6 Å². The Labute approximate surface area is 221 Å². The first-order valence-corrected chi connectivity index (χ1v) is 14.5. The van der Waals surface area contributed by atoms with Crippen LogP contribution in [0.3, 0.4) is 0 Å². The maximum absolute atomic E-state index is 13.5. The normalized spacial score (nSPS) is 15.5. The Morgan fingerprint density at radius 1 is 1.17 bits per heavy atom. The number of fused-ring (bicyclic) bond motifs is 1. The number of hydrogen-bond acceptors (Lipinski definition) is 6. The third kappa shape index (κ3) is 5.95. The third-order valence-corrected chi connectivity index (χ3v) is 9.24. The molecule has 0 fully saturated rings. The Morgan fingerprint density at radius 2 is 1.89 bits per heavy atom. The van der Waals surface area contributed by atoms with Crippen molar-refractivity contribution in [2.45, 2.75) is 30.8 Å². The van der Waals surface area contributed by atoms with Gasteiger partial charge in [-0.15, -0.1) is 11.3 Å². The molecule has 3 aromatic rings. The molecule has 0 spiro atoms. The summed E-state index contributed by atoms with van der Waals surface area (Å²) in [6.45, 7) is 1.99. The molecular weight excluding hydrogens is 574 g/mol. The molecule has 184 valence electrons. The van der Waals surface area contributed by atoms with Gasteiger partial charge in [0.05, 0.1) is 16.0 Å². The molecule has 2 amide bonds. The van der Waals surface area contributed by atoms with Gasteiger partial charge in [0.1, 0.15) is 10.8 Å². The molecule has 1 unspecified atom stereocenters. The Kier molecular flexibility index (Phi) is 7.97. The van der Waals surface area contributed by atoms with Gasteiger partial charge in [0.15, 0.2) is 9.84 Å². The number of nitrogens with one attached hydrogen (secondary N) is 2. The van der Waals surface area contributed by atoms with Crippen LogP contribution < -0.4 is 15.5 Å². The zero-order chi connectivity index (χ0) is 25.2. The van der Waals surface area contributed by atoms with E-state index in [4.69, 9.17) is 11.6 Å². The van der Waals surface area contributed by atoms with E-state index in [1.165, 1.54) is 18.3 Å². The fourth-order valence-electron chi connectivity index (χ4n) is 3.98. The number of sulfone groups is 1. The van der Waals surface area contributed by atoms with Crippen molar-refractivity contribution < 1.29 is 18.0 Å². The van der Waals surface area contributed by atoms with Gasteiger partial charge in [-0.25, -0.2) is 8.42 Å².